The maximum Gasteiger partial charge on any atom is 0.209 e. The number of likely N-dealkylation sites (tertiary alicyclic amines) is 1. The molecule has 2 aromatic rings. The number of anilines is 1. The van der Waals surface area contributed by atoms with Crippen LogP contribution in [-0.2, 0) is 6.54 Å². The van der Waals surface area contributed by atoms with Crippen LogP contribution in [0.5, 0.6) is 0 Å². The molecule has 0 radical (unpaired) electrons. The van der Waals surface area contributed by atoms with Crippen LogP contribution in [0.2, 0.25) is 0 Å². The van der Waals surface area contributed by atoms with Crippen molar-refractivity contribution in [3.8, 4) is 0 Å². The highest BCUT2D eigenvalue weighted by molar-refractivity contribution is 5.76. The summed E-state index contributed by atoms with van der Waals surface area (Å²) in [4.78, 5) is 6.62. The predicted molar refractivity (Wildman–Crippen MR) is 73.6 cm³/mol. The van der Waals surface area contributed by atoms with E-state index in [1.54, 1.807) is 0 Å². The fourth-order valence-electron chi connectivity index (χ4n) is 2.71. The van der Waals surface area contributed by atoms with E-state index in [2.05, 4.69) is 9.88 Å². The van der Waals surface area contributed by atoms with Crippen molar-refractivity contribution in [2.75, 3.05) is 18.8 Å². The van der Waals surface area contributed by atoms with Gasteiger partial charge >= 0.3 is 0 Å². The molecule has 1 atom stereocenters. The first-order valence-corrected chi connectivity index (χ1v) is 6.62. The van der Waals surface area contributed by atoms with Crippen LogP contribution in [0.1, 0.15) is 25.7 Å². The van der Waals surface area contributed by atoms with Crippen LogP contribution in [-0.4, -0.2) is 33.7 Å². The van der Waals surface area contributed by atoms with E-state index in [0.717, 1.165) is 30.5 Å². The van der Waals surface area contributed by atoms with Crippen molar-refractivity contribution >= 4 is 16.8 Å². The molecule has 1 aliphatic rings. The second-order valence-corrected chi connectivity index (χ2v) is 5.65. The Hall–Kier alpha value is -1.59. The fraction of sp³-hybridized carbons (Fsp3) is 0.500. The molecule has 0 spiro atoms. The molecule has 5 nitrogen and oxygen atoms in total. The molecule has 0 amide bonds. The van der Waals surface area contributed by atoms with Gasteiger partial charge in [0.1, 0.15) is 5.52 Å². The third-order valence-corrected chi connectivity index (χ3v) is 3.57. The summed E-state index contributed by atoms with van der Waals surface area (Å²) in [6.07, 6.45) is 1.85. The van der Waals surface area contributed by atoms with Crippen LogP contribution in [0.25, 0.3) is 11.1 Å². The molecule has 1 unspecified atom stereocenters. The molecule has 19 heavy (non-hydrogen) atoms. The molecule has 5 heteroatoms. The minimum Gasteiger partial charge on any atom is -0.439 e. The maximum absolute atomic E-state index is 10.1. The average molecular weight is 261 g/mol. The van der Waals surface area contributed by atoms with Gasteiger partial charge in [-0.15, -0.1) is 0 Å². The largest absolute Gasteiger partial charge is 0.439 e. The molecule has 3 rings (SSSR count). The summed E-state index contributed by atoms with van der Waals surface area (Å²) in [7, 11) is 0. The molecule has 102 valence electrons. The standard InChI is InChI=1S/C14H19N3O2/c1-14(18)5-2-6-17(9-14)8-13-16-11-7-10(15)3-4-12(11)19-13/h3-4,7,18H,2,5-6,8-9,15H2,1H3. The Morgan fingerprint density at radius 1 is 1.53 bits per heavy atom. The van der Waals surface area contributed by atoms with Crippen molar-refractivity contribution in [2.24, 2.45) is 0 Å². The number of nitrogen functional groups attached to an aromatic ring is 1. The number of nitrogens with two attached hydrogens (primary N) is 1. The first-order chi connectivity index (χ1) is 9.02. The number of benzene rings is 1. The van der Waals surface area contributed by atoms with Gasteiger partial charge in [0, 0.05) is 12.2 Å². The zero-order valence-corrected chi connectivity index (χ0v) is 11.1. The zero-order chi connectivity index (χ0) is 13.5. The SMILES string of the molecule is CC1(O)CCCN(Cc2nc3cc(N)ccc3o2)C1. The summed E-state index contributed by atoms with van der Waals surface area (Å²) in [6, 6.07) is 5.46. The molecule has 1 aliphatic heterocycles. The van der Waals surface area contributed by atoms with E-state index in [4.69, 9.17) is 10.2 Å². The summed E-state index contributed by atoms with van der Waals surface area (Å²) < 4.78 is 5.70. The molecule has 1 aromatic heterocycles. The van der Waals surface area contributed by atoms with E-state index in [0.29, 0.717) is 24.7 Å². The monoisotopic (exact) mass is 261 g/mol. The molecular weight excluding hydrogens is 242 g/mol. The number of hydrogen-bond donors (Lipinski definition) is 2. The van der Waals surface area contributed by atoms with E-state index in [9.17, 15) is 5.11 Å². The van der Waals surface area contributed by atoms with Crippen molar-refractivity contribution in [1.29, 1.82) is 0 Å². The summed E-state index contributed by atoms with van der Waals surface area (Å²) >= 11 is 0. The third kappa shape index (κ3) is 2.72. The summed E-state index contributed by atoms with van der Waals surface area (Å²) in [5.41, 5.74) is 7.36. The Kier molecular flexibility index (Phi) is 2.95. The highest BCUT2D eigenvalue weighted by Gasteiger charge is 2.28. The number of hydrogen-bond acceptors (Lipinski definition) is 5. The minimum absolute atomic E-state index is 0.602. The predicted octanol–water partition coefficient (Wildman–Crippen LogP) is 1.76. The fourth-order valence-corrected chi connectivity index (χ4v) is 2.71. The van der Waals surface area contributed by atoms with Gasteiger partial charge in [-0.05, 0) is 44.5 Å². The lowest BCUT2D eigenvalue weighted by atomic mass is 9.95. The number of rotatable bonds is 2. The van der Waals surface area contributed by atoms with E-state index >= 15 is 0 Å². The number of piperidine rings is 1. The first kappa shape index (κ1) is 12.4. The Bertz CT molecular complexity index is 591. The van der Waals surface area contributed by atoms with Crippen LogP contribution < -0.4 is 5.73 Å². The summed E-state index contributed by atoms with van der Waals surface area (Å²) in [5.74, 6) is 0.679. The molecule has 0 aliphatic carbocycles. The second-order valence-electron chi connectivity index (χ2n) is 5.65. The Morgan fingerprint density at radius 2 is 2.37 bits per heavy atom. The average Bonchev–Trinajstić information content (AvgIpc) is 2.68. The van der Waals surface area contributed by atoms with Gasteiger partial charge < -0.3 is 15.3 Å². The molecule has 0 saturated carbocycles. The lowest BCUT2D eigenvalue weighted by molar-refractivity contribution is -0.0201. The Labute approximate surface area is 112 Å². The third-order valence-electron chi connectivity index (χ3n) is 3.57. The van der Waals surface area contributed by atoms with Crippen molar-refractivity contribution in [3.63, 3.8) is 0 Å². The number of β-amino-alcohol motifs (C(OH)–C–C–N with tert-alkyl or cyclic N) is 1. The van der Waals surface area contributed by atoms with Gasteiger partial charge in [-0.1, -0.05) is 0 Å². The van der Waals surface area contributed by atoms with Crippen LogP contribution >= 0.6 is 0 Å². The number of aromatic nitrogens is 1. The number of nitrogens with zero attached hydrogens (tertiary/aromatic N) is 2. The number of aliphatic hydroxyl groups is 1. The van der Waals surface area contributed by atoms with Crippen molar-refractivity contribution in [3.05, 3.63) is 24.1 Å². The van der Waals surface area contributed by atoms with Gasteiger partial charge in [0.05, 0.1) is 12.1 Å². The molecule has 1 saturated heterocycles. The topological polar surface area (TPSA) is 75.5 Å². The van der Waals surface area contributed by atoms with Crippen LogP contribution in [0.4, 0.5) is 5.69 Å². The highest BCUT2D eigenvalue weighted by Crippen LogP contribution is 2.23. The summed E-state index contributed by atoms with van der Waals surface area (Å²) in [6.45, 7) is 4.14. The zero-order valence-electron chi connectivity index (χ0n) is 11.1. The number of oxazole rings is 1. The van der Waals surface area contributed by atoms with Crippen molar-refractivity contribution < 1.29 is 9.52 Å². The van der Waals surface area contributed by atoms with Gasteiger partial charge in [-0.2, -0.15) is 0 Å². The van der Waals surface area contributed by atoms with E-state index in [1.165, 1.54) is 0 Å². The molecule has 3 N–H and O–H groups in total. The lowest BCUT2D eigenvalue weighted by Gasteiger charge is -2.36. The van der Waals surface area contributed by atoms with Gasteiger partial charge in [0.2, 0.25) is 5.89 Å². The normalized spacial score (nSPS) is 24.9. The van der Waals surface area contributed by atoms with E-state index in [1.807, 2.05) is 25.1 Å². The highest BCUT2D eigenvalue weighted by atomic mass is 16.3. The minimum atomic E-state index is -0.602. The van der Waals surface area contributed by atoms with Gasteiger partial charge in [0.25, 0.3) is 0 Å². The van der Waals surface area contributed by atoms with Gasteiger partial charge in [-0.25, -0.2) is 4.98 Å². The molecule has 0 bridgehead atoms. The summed E-state index contributed by atoms with van der Waals surface area (Å²) in [5, 5.41) is 10.1. The number of fused-ring (bicyclic) bond motifs is 1. The van der Waals surface area contributed by atoms with Crippen LogP contribution in [0.15, 0.2) is 22.6 Å². The Morgan fingerprint density at radius 3 is 3.16 bits per heavy atom. The lowest BCUT2D eigenvalue weighted by Crippen LogP contribution is -2.45. The van der Waals surface area contributed by atoms with Crippen molar-refractivity contribution in [2.45, 2.75) is 31.9 Å². The van der Waals surface area contributed by atoms with Crippen LogP contribution in [0, 0.1) is 0 Å². The van der Waals surface area contributed by atoms with E-state index < -0.39 is 5.60 Å². The Balaban J connectivity index is 1.77. The first-order valence-electron chi connectivity index (χ1n) is 6.62. The second kappa shape index (κ2) is 4.51. The van der Waals surface area contributed by atoms with Crippen molar-refractivity contribution in [1.82, 2.24) is 9.88 Å². The van der Waals surface area contributed by atoms with Crippen LogP contribution in [0.3, 0.4) is 0 Å². The molecule has 2 heterocycles. The van der Waals surface area contributed by atoms with E-state index in [-0.39, 0.29) is 0 Å². The van der Waals surface area contributed by atoms with Gasteiger partial charge in [-0.3, -0.25) is 4.90 Å². The smallest absolute Gasteiger partial charge is 0.209 e. The molecule has 1 fully saturated rings. The maximum atomic E-state index is 10.1. The quantitative estimate of drug-likeness (QED) is 0.806. The molecule has 1 aromatic carbocycles. The van der Waals surface area contributed by atoms with Gasteiger partial charge in [0.15, 0.2) is 5.58 Å². The molecular formula is C14H19N3O2.